The van der Waals surface area contributed by atoms with Gasteiger partial charge in [-0.2, -0.15) is 10.2 Å². The molecule has 152 valence electrons. The van der Waals surface area contributed by atoms with Crippen LogP contribution < -0.4 is 4.74 Å². The number of hydrogen-bond acceptors (Lipinski definition) is 4. The Hall–Kier alpha value is -3.54. The number of amides is 1. The first-order chi connectivity index (χ1) is 14.6. The number of azo groups is 1. The van der Waals surface area contributed by atoms with Crippen LogP contribution in [-0.4, -0.2) is 24.5 Å². The molecule has 1 heterocycles. The van der Waals surface area contributed by atoms with Gasteiger partial charge in [-0.15, -0.1) is 0 Å². The fourth-order valence-electron chi connectivity index (χ4n) is 3.60. The zero-order valence-electron chi connectivity index (χ0n) is 16.9. The maximum atomic E-state index is 13.7. The molecule has 3 aromatic rings. The molecule has 0 fully saturated rings. The number of halogens is 1. The molecule has 5 nitrogen and oxygen atoms in total. The number of hydrogen-bond donors (Lipinski definition) is 0. The lowest BCUT2D eigenvalue weighted by molar-refractivity contribution is 0.0784. The molecule has 1 aliphatic heterocycles. The highest BCUT2D eigenvalue weighted by Crippen LogP contribution is 2.33. The summed E-state index contributed by atoms with van der Waals surface area (Å²) in [7, 11) is 1.77. The maximum Gasteiger partial charge on any atom is 0.254 e. The van der Waals surface area contributed by atoms with E-state index in [0.717, 1.165) is 22.4 Å². The van der Waals surface area contributed by atoms with Gasteiger partial charge in [0.15, 0.2) is 0 Å². The Bertz CT molecular complexity index is 1130. The normalized spacial score (nSPS) is 12.0. The Morgan fingerprint density at radius 1 is 1.13 bits per heavy atom. The molecule has 6 heteroatoms. The van der Waals surface area contributed by atoms with Crippen molar-refractivity contribution in [1.82, 2.24) is 4.90 Å². The summed E-state index contributed by atoms with van der Waals surface area (Å²) in [5, 5.41) is 8.20. The van der Waals surface area contributed by atoms with Gasteiger partial charge < -0.3 is 9.64 Å². The fraction of sp³-hybridized carbons (Fsp3) is 0.208. The Balaban J connectivity index is 1.59. The van der Waals surface area contributed by atoms with Crippen LogP contribution in [0.15, 0.2) is 70.9 Å². The summed E-state index contributed by atoms with van der Waals surface area (Å²) in [6.45, 7) is 3.33. The predicted octanol–water partition coefficient (Wildman–Crippen LogP) is 5.76. The Morgan fingerprint density at radius 3 is 2.77 bits per heavy atom. The summed E-state index contributed by atoms with van der Waals surface area (Å²) in [4.78, 5) is 14.7. The molecule has 0 spiro atoms. The minimum atomic E-state index is -0.316. The lowest BCUT2D eigenvalue weighted by Crippen LogP contribution is -2.26. The molecule has 30 heavy (non-hydrogen) atoms. The van der Waals surface area contributed by atoms with Gasteiger partial charge in [-0.05, 0) is 54.4 Å². The summed E-state index contributed by atoms with van der Waals surface area (Å²) in [6.07, 6.45) is 0. The number of carbonyl (C=O) groups is 1. The SMILES string of the molecule is CCOc1cc(C(=O)N(C)Cc2cccc3c2CN=N3)ccc1-c1cccc(F)c1. The van der Waals surface area contributed by atoms with E-state index < -0.39 is 0 Å². The van der Waals surface area contributed by atoms with Crippen LogP contribution >= 0.6 is 0 Å². The van der Waals surface area contributed by atoms with Crippen LogP contribution in [0.25, 0.3) is 11.1 Å². The standard InChI is InChI=1S/C24H22FN3O2/c1-3-30-23-13-17(10-11-20(23)16-6-4-8-19(25)12-16)24(29)28(2)15-18-7-5-9-22-21(18)14-26-27-22/h4-13H,3,14-15H2,1-2H3. The minimum Gasteiger partial charge on any atom is -0.493 e. The summed E-state index contributed by atoms with van der Waals surface area (Å²) >= 11 is 0. The monoisotopic (exact) mass is 403 g/mol. The van der Waals surface area contributed by atoms with Gasteiger partial charge in [0.25, 0.3) is 5.91 Å². The second-order valence-corrected chi connectivity index (χ2v) is 7.13. The van der Waals surface area contributed by atoms with Crippen LogP contribution in [0.2, 0.25) is 0 Å². The second-order valence-electron chi connectivity index (χ2n) is 7.13. The smallest absolute Gasteiger partial charge is 0.254 e. The number of fused-ring (bicyclic) bond motifs is 1. The van der Waals surface area contributed by atoms with Gasteiger partial charge in [0.05, 0.1) is 18.8 Å². The van der Waals surface area contributed by atoms with E-state index in [-0.39, 0.29) is 11.7 Å². The number of rotatable bonds is 6. The van der Waals surface area contributed by atoms with Crippen molar-refractivity contribution in [2.75, 3.05) is 13.7 Å². The molecule has 0 saturated heterocycles. The molecule has 0 bridgehead atoms. The summed E-state index contributed by atoms with van der Waals surface area (Å²) < 4.78 is 19.4. The van der Waals surface area contributed by atoms with Crippen molar-refractivity contribution >= 4 is 11.6 Å². The molecule has 0 radical (unpaired) electrons. The zero-order chi connectivity index (χ0) is 21.1. The van der Waals surface area contributed by atoms with Crippen LogP contribution in [0.4, 0.5) is 10.1 Å². The average molecular weight is 403 g/mol. The van der Waals surface area contributed by atoms with Crippen molar-refractivity contribution in [2.45, 2.75) is 20.0 Å². The Morgan fingerprint density at radius 2 is 1.97 bits per heavy atom. The van der Waals surface area contributed by atoms with Gasteiger partial charge in [0.1, 0.15) is 11.6 Å². The topological polar surface area (TPSA) is 54.3 Å². The molecule has 1 amide bonds. The van der Waals surface area contributed by atoms with Crippen molar-refractivity contribution < 1.29 is 13.9 Å². The van der Waals surface area contributed by atoms with E-state index in [0.29, 0.717) is 36.6 Å². The highest BCUT2D eigenvalue weighted by Gasteiger charge is 2.19. The van der Waals surface area contributed by atoms with E-state index >= 15 is 0 Å². The molecular weight excluding hydrogens is 381 g/mol. The number of carbonyl (C=O) groups excluding carboxylic acids is 1. The van der Waals surface area contributed by atoms with E-state index in [4.69, 9.17) is 4.74 Å². The van der Waals surface area contributed by atoms with E-state index in [9.17, 15) is 9.18 Å². The van der Waals surface area contributed by atoms with Crippen LogP contribution in [0.3, 0.4) is 0 Å². The van der Waals surface area contributed by atoms with E-state index in [1.165, 1.54) is 12.1 Å². The van der Waals surface area contributed by atoms with Gasteiger partial charge in [-0.25, -0.2) is 4.39 Å². The van der Waals surface area contributed by atoms with Crippen molar-refractivity contribution in [2.24, 2.45) is 10.2 Å². The first-order valence-electron chi connectivity index (χ1n) is 9.83. The third-order valence-corrected chi connectivity index (χ3v) is 5.07. The van der Waals surface area contributed by atoms with E-state index in [1.807, 2.05) is 31.2 Å². The molecule has 0 atom stereocenters. The van der Waals surface area contributed by atoms with Crippen molar-refractivity contribution in [3.63, 3.8) is 0 Å². The lowest BCUT2D eigenvalue weighted by atomic mass is 10.0. The van der Waals surface area contributed by atoms with Gasteiger partial charge in [0, 0.05) is 30.3 Å². The predicted molar refractivity (Wildman–Crippen MR) is 113 cm³/mol. The van der Waals surface area contributed by atoms with Crippen molar-refractivity contribution in [1.29, 1.82) is 0 Å². The fourth-order valence-corrected chi connectivity index (χ4v) is 3.60. The van der Waals surface area contributed by atoms with Gasteiger partial charge in [0.2, 0.25) is 0 Å². The molecule has 3 aromatic carbocycles. The zero-order valence-corrected chi connectivity index (χ0v) is 16.9. The summed E-state index contributed by atoms with van der Waals surface area (Å²) in [5.41, 5.74) is 4.94. The van der Waals surface area contributed by atoms with Crippen molar-refractivity contribution in [3.05, 3.63) is 83.2 Å². The van der Waals surface area contributed by atoms with Gasteiger partial charge in [-0.1, -0.05) is 24.3 Å². The van der Waals surface area contributed by atoms with E-state index in [2.05, 4.69) is 10.2 Å². The van der Waals surface area contributed by atoms with Gasteiger partial charge >= 0.3 is 0 Å². The molecule has 1 aliphatic rings. The summed E-state index contributed by atoms with van der Waals surface area (Å²) in [5.74, 6) is 0.121. The van der Waals surface area contributed by atoms with Gasteiger partial charge in [-0.3, -0.25) is 4.79 Å². The maximum absolute atomic E-state index is 13.7. The first-order valence-corrected chi connectivity index (χ1v) is 9.83. The Labute approximate surface area is 174 Å². The molecule has 0 aromatic heterocycles. The van der Waals surface area contributed by atoms with E-state index in [1.54, 1.807) is 36.2 Å². The molecule has 4 rings (SSSR count). The number of benzene rings is 3. The first kappa shape index (κ1) is 19.8. The minimum absolute atomic E-state index is 0.119. The summed E-state index contributed by atoms with van der Waals surface area (Å²) in [6, 6.07) is 17.5. The van der Waals surface area contributed by atoms with Crippen LogP contribution in [0.5, 0.6) is 5.75 Å². The highest BCUT2D eigenvalue weighted by molar-refractivity contribution is 5.95. The molecule has 0 unspecified atom stereocenters. The van der Waals surface area contributed by atoms with Crippen LogP contribution in [0.1, 0.15) is 28.4 Å². The Kier molecular flexibility index (Phi) is 5.57. The third kappa shape index (κ3) is 3.94. The lowest BCUT2D eigenvalue weighted by Gasteiger charge is -2.20. The number of nitrogens with zero attached hydrogens (tertiary/aromatic N) is 3. The molecular formula is C24H22FN3O2. The van der Waals surface area contributed by atoms with Crippen LogP contribution in [-0.2, 0) is 13.1 Å². The van der Waals surface area contributed by atoms with Crippen molar-refractivity contribution in [3.8, 4) is 16.9 Å². The van der Waals surface area contributed by atoms with Crippen LogP contribution in [0, 0.1) is 5.82 Å². The quantitative estimate of drug-likeness (QED) is 0.525. The molecule has 0 saturated carbocycles. The molecule has 0 aliphatic carbocycles. The average Bonchev–Trinajstić information content (AvgIpc) is 3.23. The largest absolute Gasteiger partial charge is 0.493 e. The highest BCUT2D eigenvalue weighted by atomic mass is 19.1. The third-order valence-electron chi connectivity index (χ3n) is 5.07. The molecule has 0 N–H and O–H groups in total. The number of ether oxygens (including phenoxy) is 1. The second kappa shape index (κ2) is 8.45.